The molecule has 1 aromatic carbocycles. The smallest absolute Gasteiger partial charge is 0.255 e. The van der Waals surface area contributed by atoms with Gasteiger partial charge in [0.15, 0.2) is 5.60 Å². The van der Waals surface area contributed by atoms with Gasteiger partial charge in [-0.15, -0.1) is 0 Å². The highest BCUT2D eigenvalue weighted by Crippen LogP contribution is 2.24. The van der Waals surface area contributed by atoms with E-state index in [1.54, 1.807) is 12.4 Å². The molecule has 0 radical (unpaired) electrons. The molecular weight excluding hydrogens is 282 g/mol. The molecule has 3 rings (SSSR count). The summed E-state index contributed by atoms with van der Waals surface area (Å²) in [5.74, 6) is -1.01. The lowest BCUT2D eigenvalue weighted by Gasteiger charge is -2.44. The van der Waals surface area contributed by atoms with Crippen LogP contribution < -0.4 is 5.73 Å². The number of carbonyl (C=O) groups excluding carboxylic acids is 2. The van der Waals surface area contributed by atoms with E-state index in [1.807, 2.05) is 30.3 Å². The molecule has 6 nitrogen and oxygen atoms in total. The van der Waals surface area contributed by atoms with Crippen LogP contribution in [0.5, 0.6) is 0 Å². The number of nitrogens with zero attached hydrogens (tertiary/aromatic N) is 1. The molecule has 0 aliphatic carbocycles. The van der Waals surface area contributed by atoms with Crippen molar-refractivity contribution >= 4 is 11.8 Å². The first-order valence-electron chi connectivity index (χ1n) is 7.01. The minimum atomic E-state index is -1.59. The van der Waals surface area contributed by atoms with E-state index in [4.69, 9.17) is 5.73 Å². The summed E-state index contributed by atoms with van der Waals surface area (Å²) >= 11 is 0. The molecule has 1 aliphatic heterocycles. The highest BCUT2D eigenvalue weighted by atomic mass is 16.3. The van der Waals surface area contributed by atoms with E-state index in [0.717, 1.165) is 11.1 Å². The Morgan fingerprint density at radius 1 is 1.23 bits per heavy atom. The lowest BCUT2D eigenvalue weighted by molar-refractivity contribution is -0.151. The number of H-pyrrole nitrogens is 1. The van der Waals surface area contributed by atoms with Gasteiger partial charge in [-0.1, -0.05) is 30.3 Å². The number of aliphatic hydroxyl groups is 1. The lowest BCUT2D eigenvalue weighted by Crippen LogP contribution is -2.69. The van der Waals surface area contributed by atoms with E-state index in [2.05, 4.69) is 4.98 Å². The van der Waals surface area contributed by atoms with Crippen LogP contribution in [0.1, 0.15) is 21.5 Å². The monoisotopic (exact) mass is 299 g/mol. The molecule has 0 bridgehead atoms. The number of primary amides is 1. The summed E-state index contributed by atoms with van der Waals surface area (Å²) in [6.45, 7) is -0.117. The Hall–Kier alpha value is -2.60. The third kappa shape index (κ3) is 2.48. The fourth-order valence-electron chi connectivity index (χ4n) is 2.61. The summed E-state index contributed by atoms with van der Waals surface area (Å²) in [7, 11) is 0. The summed E-state index contributed by atoms with van der Waals surface area (Å²) in [5, 5.41) is 9.83. The van der Waals surface area contributed by atoms with E-state index < -0.39 is 11.5 Å². The topological polar surface area (TPSA) is 99.4 Å². The number of rotatable bonds is 4. The maximum Gasteiger partial charge on any atom is 0.255 e. The number of likely N-dealkylation sites (tertiary alicyclic amines) is 1. The molecule has 0 atom stereocenters. The van der Waals surface area contributed by atoms with Crippen molar-refractivity contribution in [2.45, 2.75) is 12.0 Å². The minimum Gasteiger partial charge on any atom is -0.377 e. The summed E-state index contributed by atoms with van der Waals surface area (Å²) < 4.78 is 0. The molecule has 1 fully saturated rings. The molecule has 2 aromatic rings. The Labute approximate surface area is 127 Å². The number of hydrogen-bond donors (Lipinski definition) is 3. The number of nitrogens with two attached hydrogens (primary N) is 1. The van der Waals surface area contributed by atoms with Gasteiger partial charge < -0.3 is 20.7 Å². The molecule has 0 unspecified atom stereocenters. The molecule has 1 saturated heterocycles. The van der Waals surface area contributed by atoms with Gasteiger partial charge in [0, 0.05) is 12.4 Å². The van der Waals surface area contributed by atoms with Crippen molar-refractivity contribution in [1.82, 2.24) is 9.88 Å². The molecule has 0 spiro atoms. The summed E-state index contributed by atoms with van der Waals surface area (Å²) in [6.07, 6.45) is 4.07. The molecular formula is C16H17N3O3. The molecule has 1 aromatic heterocycles. The van der Waals surface area contributed by atoms with Gasteiger partial charge in [-0.2, -0.15) is 0 Å². The highest BCUT2D eigenvalue weighted by molar-refractivity contribution is 5.98. The van der Waals surface area contributed by atoms with E-state index in [-0.39, 0.29) is 19.0 Å². The van der Waals surface area contributed by atoms with Crippen molar-refractivity contribution in [2.75, 3.05) is 13.1 Å². The molecule has 2 amide bonds. The number of carbonyl (C=O) groups is 2. The molecule has 0 saturated carbocycles. The van der Waals surface area contributed by atoms with Gasteiger partial charge in [0.1, 0.15) is 0 Å². The van der Waals surface area contributed by atoms with Crippen molar-refractivity contribution in [3.8, 4) is 0 Å². The molecule has 6 heteroatoms. The Morgan fingerprint density at radius 3 is 2.55 bits per heavy atom. The van der Waals surface area contributed by atoms with Crippen LogP contribution in [0.2, 0.25) is 0 Å². The molecule has 22 heavy (non-hydrogen) atoms. The number of benzene rings is 1. The first-order chi connectivity index (χ1) is 10.5. The van der Waals surface area contributed by atoms with Crippen LogP contribution >= 0.6 is 0 Å². The SMILES string of the molecule is NC(=O)C1(O)CN(C(=O)c2c[nH]cc2Cc2ccccc2)C1. The van der Waals surface area contributed by atoms with Crippen LogP contribution in [0.25, 0.3) is 0 Å². The average molecular weight is 299 g/mol. The number of β-amino-alcohol motifs (C(OH)–C–C–N with tert-alkyl or cyclic N) is 1. The Kier molecular flexibility index (Phi) is 3.46. The predicted molar refractivity (Wildman–Crippen MR) is 80.1 cm³/mol. The van der Waals surface area contributed by atoms with Gasteiger partial charge in [0.2, 0.25) is 0 Å². The first-order valence-corrected chi connectivity index (χ1v) is 7.01. The summed E-state index contributed by atoms with van der Waals surface area (Å²) in [5.41, 5.74) is 6.06. The third-order valence-corrected chi connectivity index (χ3v) is 3.95. The van der Waals surface area contributed by atoms with Gasteiger partial charge >= 0.3 is 0 Å². The van der Waals surface area contributed by atoms with Gasteiger partial charge in [-0.05, 0) is 17.5 Å². The second-order valence-electron chi connectivity index (χ2n) is 5.61. The van der Waals surface area contributed by atoms with Gasteiger partial charge in [0.25, 0.3) is 11.8 Å². The van der Waals surface area contributed by atoms with Crippen LogP contribution in [0, 0.1) is 0 Å². The second-order valence-corrected chi connectivity index (χ2v) is 5.61. The molecule has 4 N–H and O–H groups in total. The Balaban J connectivity index is 1.73. The van der Waals surface area contributed by atoms with E-state index in [0.29, 0.717) is 12.0 Å². The fraction of sp³-hybridized carbons (Fsp3) is 0.250. The number of amides is 2. The summed E-state index contributed by atoms with van der Waals surface area (Å²) in [4.78, 5) is 27.9. The zero-order chi connectivity index (χ0) is 15.7. The zero-order valence-corrected chi connectivity index (χ0v) is 12.0. The van der Waals surface area contributed by atoms with Gasteiger partial charge in [0.05, 0.1) is 18.7 Å². The van der Waals surface area contributed by atoms with E-state index >= 15 is 0 Å². The third-order valence-electron chi connectivity index (χ3n) is 3.95. The van der Waals surface area contributed by atoms with Crippen molar-refractivity contribution in [1.29, 1.82) is 0 Å². The van der Waals surface area contributed by atoms with Crippen LogP contribution in [-0.4, -0.2) is 45.5 Å². The normalized spacial score (nSPS) is 16.1. The second kappa shape index (κ2) is 5.31. The molecule has 1 aliphatic rings. The quantitative estimate of drug-likeness (QED) is 0.756. The number of aromatic amines is 1. The minimum absolute atomic E-state index is 0.0584. The lowest BCUT2D eigenvalue weighted by atomic mass is 9.92. The zero-order valence-electron chi connectivity index (χ0n) is 12.0. The largest absolute Gasteiger partial charge is 0.377 e. The Bertz CT molecular complexity index is 702. The van der Waals surface area contributed by atoms with E-state index in [1.165, 1.54) is 4.90 Å². The molecule has 114 valence electrons. The van der Waals surface area contributed by atoms with Crippen molar-refractivity contribution < 1.29 is 14.7 Å². The standard InChI is InChI=1S/C16H17N3O3/c17-15(21)16(22)9-19(10-16)14(20)13-8-18-7-12(13)6-11-4-2-1-3-5-11/h1-5,7-8,18,22H,6,9-10H2,(H2,17,21). The van der Waals surface area contributed by atoms with Gasteiger partial charge in [-0.25, -0.2) is 0 Å². The van der Waals surface area contributed by atoms with E-state index in [9.17, 15) is 14.7 Å². The number of nitrogens with one attached hydrogen (secondary N) is 1. The van der Waals surface area contributed by atoms with Crippen molar-refractivity contribution in [3.63, 3.8) is 0 Å². The average Bonchev–Trinajstić information content (AvgIpc) is 2.92. The van der Waals surface area contributed by atoms with Gasteiger partial charge in [-0.3, -0.25) is 9.59 Å². The van der Waals surface area contributed by atoms with Crippen LogP contribution in [0.15, 0.2) is 42.7 Å². The maximum absolute atomic E-state index is 12.5. The maximum atomic E-state index is 12.5. The van der Waals surface area contributed by atoms with Crippen LogP contribution in [0.3, 0.4) is 0 Å². The number of hydrogen-bond acceptors (Lipinski definition) is 3. The fourth-order valence-corrected chi connectivity index (χ4v) is 2.61. The first kappa shape index (κ1) is 14.3. The highest BCUT2D eigenvalue weighted by Gasteiger charge is 2.48. The molecule has 2 heterocycles. The van der Waals surface area contributed by atoms with Crippen LogP contribution in [-0.2, 0) is 11.2 Å². The van der Waals surface area contributed by atoms with Crippen molar-refractivity contribution in [2.24, 2.45) is 5.73 Å². The predicted octanol–water partition coefficient (Wildman–Crippen LogP) is 0.278. The summed E-state index contributed by atoms with van der Waals surface area (Å²) in [6, 6.07) is 9.84. The van der Waals surface area contributed by atoms with Crippen LogP contribution in [0.4, 0.5) is 0 Å². The van der Waals surface area contributed by atoms with Crippen molar-refractivity contribution in [3.05, 3.63) is 59.4 Å². The Morgan fingerprint density at radius 2 is 1.91 bits per heavy atom. The number of aromatic nitrogens is 1.